The van der Waals surface area contributed by atoms with E-state index in [1.165, 1.54) is 5.56 Å². The minimum absolute atomic E-state index is 0.0477. The molecule has 0 atom stereocenters. The molecule has 0 bridgehead atoms. The molecule has 3 N–H and O–H groups in total. The molecule has 0 spiro atoms. The number of rotatable bonds is 3. The summed E-state index contributed by atoms with van der Waals surface area (Å²) in [5.74, 6) is -0.0477. The number of hydrogen-bond acceptors (Lipinski definition) is 2. The van der Waals surface area contributed by atoms with Crippen molar-refractivity contribution < 1.29 is 4.79 Å². The number of anilines is 1. The Morgan fingerprint density at radius 3 is 2.00 bits per heavy atom. The molecule has 0 radical (unpaired) electrons. The summed E-state index contributed by atoms with van der Waals surface area (Å²) in [7, 11) is 0. The molecule has 0 aliphatic carbocycles. The minimum Gasteiger partial charge on any atom is -0.329 e. The van der Waals surface area contributed by atoms with Crippen LogP contribution < -0.4 is 11.1 Å². The quantitative estimate of drug-likeness (QED) is 0.864. The summed E-state index contributed by atoms with van der Waals surface area (Å²) in [6.07, 6.45) is 0. The summed E-state index contributed by atoms with van der Waals surface area (Å²) < 4.78 is 0. The first-order valence-corrected chi connectivity index (χ1v) is 6.29. The second-order valence-corrected chi connectivity index (χ2v) is 6.37. The van der Waals surface area contributed by atoms with Crippen molar-refractivity contribution in [2.24, 2.45) is 11.1 Å². The molecule has 0 heterocycles. The second kappa shape index (κ2) is 5.11. The van der Waals surface area contributed by atoms with Crippen LogP contribution in [0.2, 0.25) is 0 Å². The molecule has 0 unspecified atom stereocenters. The van der Waals surface area contributed by atoms with Crippen molar-refractivity contribution in [3.63, 3.8) is 0 Å². The fourth-order valence-corrected chi connectivity index (χ4v) is 1.45. The van der Waals surface area contributed by atoms with E-state index < -0.39 is 5.41 Å². The zero-order valence-electron chi connectivity index (χ0n) is 12.0. The fourth-order valence-electron chi connectivity index (χ4n) is 1.45. The second-order valence-electron chi connectivity index (χ2n) is 6.37. The lowest BCUT2D eigenvalue weighted by molar-refractivity contribution is -0.123. The Morgan fingerprint density at radius 1 is 1.11 bits per heavy atom. The Balaban J connectivity index is 2.79. The van der Waals surface area contributed by atoms with Crippen LogP contribution in [0.1, 0.15) is 40.2 Å². The maximum atomic E-state index is 12.0. The molecule has 3 nitrogen and oxygen atoms in total. The van der Waals surface area contributed by atoms with Crippen molar-refractivity contribution >= 4 is 11.6 Å². The maximum Gasteiger partial charge on any atom is 0.231 e. The standard InChI is InChI=1S/C15H24N2O/c1-14(2,3)11-6-8-12(9-7-11)17-13(18)15(4,5)10-16/h6-9H,10,16H2,1-5H3,(H,17,18). The summed E-state index contributed by atoms with van der Waals surface area (Å²) in [4.78, 5) is 12.0. The highest BCUT2D eigenvalue weighted by molar-refractivity contribution is 5.94. The van der Waals surface area contributed by atoms with Gasteiger partial charge in [-0.2, -0.15) is 0 Å². The SMILES string of the molecule is CC(C)(CN)C(=O)Nc1ccc(C(C)(C)C)cc1. The van der Waals surface area contributed by atoms with Gasteiger partial charge in [-0.15, -0.1) is 0 Å². The molecule has 1 aromatic carbocycles. The van der Waals surface area contributed by atoms with Gasteiger partial charge in [-0.3, -0.25) is 4.79 Å². The summed E-state index contributed by atoms with van der Waals surface area (Å²) in [6, 6.07) is 7.96. The van der Waals surface area contributed by atoms with E-state index in [4.69, 9.17) is 5.73 Å². The first-order chi connectivity index (χ1) is 8.16. The van der Waals surface area contributed by atoms with Gasteiger partial charge in [0.25, 0.3) is 0 Å². The third kappa shape index (κ3) is 3.57. The molecule has 0 aliphatic heterocycles. The van der Waals surface area contributed by atoms with Gasteiger partial charge in [-0.05, 0) is 37.0 Å². The summed E-state index contributed by atoms with van der Waals surface area (Å²) in [6.45, 7) is 10.5. The number of nitrogens with two attached hydrogens (primary N) is 1. The lowest BCUT2D eigenvalue weighted by atomic mass is 9.87. The third-order valence-corrected chi connectivity index (χ3v) is 3.13. The highest BCUT2D eigenvalue weighted by atomic mass is 16.2. The van der Waals surface area contributed by atoms with Gasteiger partial charge in [0.2, 0.25) is 5.91 Å². The largest absolute Gasteiger partial charge is 0.329 e. The molecule has 0 fully saturated rings. The molecule has 1 amide bonds. The molecular formula is C15H24N2O. The number of hydrogen-bond donors (Lipinski definition) is 2. The van der Waals surface area contributed by atoms with Gasteiger partial charge in [0.1, 0.15) is 0 Å². The van der Waals surface area contributed by atoms with E-state index in [0.29, 0.717) is 6.54 Å². The van der Waals surface area contributed by atoms with E-state index in [2.05, 4.69) is 26.1 Å². The van der Waals surface area contributed by atoms with Crippen molar-refractivity contribution in [3.8, 4) is 0 Å². The van der Waals surface area contributed by atoms with Crippen LogP contribution in [0, 0.1) is 5.41 Å². The Bertz CT molecular complexity index is 413. The maximum absolute atomic E-state index is 12.0. The van der Waals surface area contributed by atoms with E-state index >= 15 is 0 Å². The number of carbonyl (C=O) groups is 1. The monoisotopic (exact) mass is 248 g/mol. The summed E-state index contributed by atoms with van der Waals surface area (Å²) >= 11 is 0. The van der Waals surface area contributed by atoms with Crippen molar-refractivity contribution in [2.75, 3.05) is 11.9 Å². The zero-order chi connectivity index (χ0) is 14.0. The van der Waals surface area contributed by atoms with Crippen LogP contribution in [-0.2, 0) is 10.2 Å². The lowest BCUT2D eigenvalue weighted by Crippen LogP contribution is -2.37. The van der Waals surface area contributed by atoms with Crippen LogP contribution in [0.15, 0.2) is 24.3 Å². The average molecular weight is 248 g/mol. The predicted octanol–water partition coefficient (Wildman–Crippen LogP) is 2.91. The number of benzene rings is 1. The van der Waals surface area contributed by atoms with E-state index in [1.54, 1.807) is 0 Å². The van der Waals surface area contributed by atoms with Gasteiger partial charge < -0.3 is 11.1 Å². The molecule has 100 valence electrons. The van der Waals surface area contributed by atoms with E-state index in [1.807, 2.05) is 38.1 Å². The van der Waals surface area contributed by atoms with E-state index in [0.717, 1.165) is 5.69 Å². The molecular weight excluding hydrogens is 224 g/mol. The molecule has 0 aromatic heterocycles. The number of carbonyl (C=O) groups excluding carboxylic acids is 1. The molecule has 3 heteroatoms. The molecule has 0 saturated carbocycles. The highest BCUT2D eigenvalue weighted by Gasteiger charge is 2.25. The molecule has 1 aromatic rings. The molecule has 1 rings (SSSR count). The van der Waals surface area contributed by atoms with Gasteiger partial charge in [-0.1, -0.05) is 32.9 Å². The van der Waals surface area contributed by atoms with Crippen LogP contribution in [0.5, 0.6) is 0 Å². The molecule has 18 heavy (non-hydrogen) atoms. The first kappa shape index (κ1) is 14.7. The average Bonchev–Trinajstić information content (AvgIpc) is 2.28. The van der Waals surface area contributed by atoms with Crippen LogP contribution in [0.4, 0.5) is 5.69 Å². The normalized spacial score (nSPS) is 12.3. The predicted molar refractivity (Wildman–Crippen MR) is 76.6 cm³/mol. The van der Waals surface area contributed by atoms with Gasteiger partial charge in [0.05, 0.1) is 5.41 Å². The van der Waals surface area contributed by atoms with Crippen molar-refractivity contribution in [1.29, 1.82) is 0 Å². The Hall–Kier alpha value is -1.35. The smallest absolute Gasteiger partial charge is 0.231 e. The van der Waals surface area contributed by atoms with Crippen LogP contribution in [0.3, 0.4) is 0 Å². The van der Waals surface area contributed by atoms with Gasteiger partial charge >= 0.3 is 0 Å². The summed E-state index contributed by atoms with van der Waals surface area (Å²) in [5.41, 5.74) is 7.23. The van der Waals surface area contributed by atoms with Crippen LogP contribution in [-0.4, -0.2) is 12.5 Å². The fraction of sp³-hybridized carbons (Fsp3) is 0.533. The molecule has 0 aliphatic rings. The van der Waals surface area contributed by atoms with E-state index in [-0.39, 0.29) is 11.3 Å². The Kier molecular flexibility index (Phi) is 4.17. The minimum atomic E-state index is -0.539. The zero-order valence-corrected chi connectivity index (χ0v) is 12.0. The third-order valence-electron chi connectivity index (χ3n) is 3.13. The van der Waals surface area contributed by atoms with Gasteiger partial charge in [0.15, 0.2) is 0 Å². The molecule has 0 saturated heterocycles. The van der Waals surface area contributed by atoms with Gasteiger partial charge in [-0.25, -0.2) is 0 Å². The van der Waals surface area contributed by atoms with Crippen LogP contribution >= 0.6 is 0 Å². The van der Waals surface area contributed by atoms with E-state index in [9.17, 15) is 4.79 Å². The number of nitrogens with one attached hydrogen (secondary N) is 1. The Labute approximate surface area is 110 Å². The first-order valence-electron chi connectivity index (χ1n) is 6.29. The highest BCUT2D eigenvalue weighted by Crippen LogP contribution is 2.24. The topological polar surface area (TPSA) is 55.1 Å². The Morgan fingerprint density at radius 2 is 1.61 bits per heavy atom. The summed E-state index contributed by atoms with van der Waals surface area (Å²) in [5, 5.41) is 2.89. The van der Waals surface area contributed by atoms with Gasteiger partial charge in [0, 0.05) is 12.2 Å². The van der Waals surface area contributed by atoms with Crippen molar-refractivity contribution in [2.45, 2.75) is 40.0 Å². The van der Waals surface area contributed by atoms with Crippen LogP contribution in [0.25, 0.3) is 0 Å². The number of amides is 1. The van der Waals surface area contributed by atoms with Crippen molar-refractivity contribution in [3.05, 3.63) is 29.8 Å². The van der Waals surface area contributed by atoms with Crippen molar-refractivity contribution in [1.82, 2.24) is 0 Å². The lowest BCUT2D eigenvalue weighted by Gasteiger charge is -2.22.